The molecule has 3 aliphatic carbocycles. The number of thiophene rings is 1. The highest BCUT2D eigenvalue weighted by Crippen LogP contribution is 2.49. The van der Waals surface area contributed by atoms with E-state index in [4.69, 9.17) is 0 Å². The zero-order valence-corrected chi connectivity index (χ0v) is 16.2. The summed E-state index contributed by atoms with van der Waals surface area (Å²) in [6.07, 6.45) is 6.85. The van der Waals surface area contributed by atoms with E-state index in [0.29, 0.717) is 10.6 Å². The summed E-state index contributed by atoms with van der Waals surface area (Å²) in [4.78, 5) is 39.5. The Morgan fingerprint density at radius 1 is 1.00 bits per heavy atom. The first kappa shape index (κ1) is 18.5. The van der Waals surface area contributed by atoms with Crippen molar-refractivity contribution >= 4 is 34.1 Å². The zero-order chi connectivity index (χ0) is 19.0. The van der Waals surface area contributed by atoms with E-state index in [2.05, 4.69) is 5.32 Å². The summed E-state index contributed by atoms with van der Waals surface area (Å²) in [5.74, 6) is -1.98. The molecule has 2 heterocycles. The molecule has 2 bridgehead atoms. The summed E-state index contributed by atoms with van der Waals surface area (Å²) < 4.78 is 0. The van der Waals surface area contributed by atoms with Crippen LogP contribution in [0.2, 0.25) is 0 Å². The number of hydrogen-bond acceptors (Lipinski definition) is 4. The number of carbonyl (C=O) groups excluding carboxylic acids is 2. The quantitative estimate of drug-likeness (QED) is 0.824. The van der Waals surface area contributed by atoms with Gasteiger partial charge in [-0.1, -0.05) is 0 Å². The van der Waals surface area contributed by atoms with E-state index in [0.717, 1.165) is 58.0 Å². The number of aliphatic carboxylic acids is 1. The van der Waals surface area contributed by atoms with Crippen LogP contribution in [-0.2, 0) is 9.59 Å². The third kappa shape index (κ3) is 3.49. The number of hydrogen-bond donors (Lipinski definition) is 2. The lowest BCUT2D eigenvalue weighted by molar-refractivity contribution is -0.156. The van der Waals surface area contributed by atoms with Gasteiger partial charge in [-0.25, -0.2) is 0 Å². The van der Waals surface area contributed by atoms with Crippen LogP contribution in [0, 0.1) is 23.7 Å². The maximum absolute atomic E-state index is 13.0. The van der Waals surface area contributed by atoms with Gasteiger partial charge in [0.15, 0.2) is 0 Å². The average molecular weight is 391 g/mol. The Hall–Kier alpha value is -1.89. The topological polar surface area (TPSA) is 86.7 Å². The highest BCUT2D eigenvalue weighted by atomic mass is 32.1. The van der Waals surface area contributed by atoms with Crippen molar-refractivity contribution in [2.75, 3.05) is 18.4 Å². The number of nitrogens with zero attached hydrogens (tertiary/aromatic N) is 1. The van der Waals surface area contributed by atoms with Gasteiger partial charge in [0, 0.05) is 13.1 Å². The first-order valence-electron chi connectivity index (χ1n) is 9.96. The van der Waals surface area contributed by atoms with Crippen molar-refractivity contribution in [3.8, 4) is 0 Å². The Labute approximate surface area is 162 Å². The molecule has 5 rings (SSSR count). The van der Waals surface area contributed by atoms with Gasteiger partial charge in [0.25, 0.3) is 5.91 Å². The number of amides is 2. The molecule has 4 aliphatic rings. The number of rotatable bonds is 4. The van der Waals surface area contributed by atoms with E-state index in [1.54, 1.807) is 6.07 Å². The number of carboxylic acids is 1. The zero-order valence-electron chi connectivity index (χ0n) is 15.4. The third-order valence-electron chi connectivity index (χ3n) is 6.58. The van der Waals surface area contributed by atoms with Crippen LogP contribution in [-0.4, -0.2) is 40.9 Å². The normalized spacial score (nSPS) is 30.1. The van der Waals surface area contributed by atoms with E-state index in [-0.39, 0.29) is 23.7 Å². The largest absolute Gasteiger partial charge is 0.481 e. The van der Waals surface area contributed by atoms with Crippen LogP contribution in [0.3, 0.4) is 0 Å². The fraction of sp³-hybridized carbons (Fsp3) is 0.650. The van der Waals surface area contributed by atoms with E-state index in [9.17, 15) is 19.5 Å². The lowest BCUT2D eigenvalue weighted by Gasteiger charge is -2.45. The standard InChI is InChI=1S/C20H26N2O4S/c23-17(15-12-4-6-13(7-5-12)16(15)20(25)26)21-18-14(8-11-27-18)19(24)22-9-2-1-3-10-22/h8,11-13,15-16H,1-7,9-10H2,(H,21,23)(H,25,26)/t12?,13?,15-,16-/m1/s1. The molecule has 3 saturated carbocycles. The molecular formula is C20H26N2O4S. The van der Waals surface area contributed by atoms with E-state index >= 15 is 0 Å². The number of piperidine rings is 1. The predicted octanol–water partition coefficient (Wildman–Crippen LogP) is 3.45. The number of anilines is 1. The molecule has 27 heavy (non-hydrogen) atoms. The Bertz CT molecular complexity index is 732. The maximum Gasteiger partial charge on any atom is 0.307 e. The number of carboxylic acid groups (broad SMARTS) is 1. The third-order valence-corrected chi connectivity index (χ3v) is 7.41. The SMILES string of the molecule is O=C(O)[C@@H]1C2CCC(CC2)[C@H]1C(=O)Nc1sccc1C(=O)N1CCCCC1. The smallest absolute Gasteiger partial charge is 0.307 e. The van der Waals surface area contributed by atoms with Gasteiger partial charge in [-0.15, -0.1) is 11.3 Å². The molecule has 146 valence electrons. The summed E-state index contributed by atoms with van der Waals surface area (Å²) in [5, 5.41) is 15.0. The molecule has 4 fully saturated rings. The van der Waals surface area contributed by atoms with Crippen molar-refractivity contribution in [3.63, 3.8) is 0 Å². The summed E-state index contributed by atoms with van der Waals surface area (Å²) >= 11 is 1.34. The van der Waals surface area contributed by atoms with Crippen LogP contribution in [0.1, 0.15) is 55.3 Å². The van der Waals surface area contributed by atoms with Gasteiger partial charge in [0.05, 0.1) is 17.4 Å². The number of nitrogens with one attached hydrogen (secondary N) is 1. The predicted molar refractivity (Wildman–Crippen MR) is 103 cm³/mol. The molecule has 0 spiro atoms. The monoisotopic (exact) mass is 390 g/mol. The van der Waals surface area contributed by atoms with Crippen molar-refractivity contribution < 1.29 is 19.5 Å². The molecule has 1 aromatic rings. The molecule has 1 aliphatic heterocycles. The summed E-state index contributed by atoms with van der Waals surface area (Å²) in [6.45, 7) is 1.52. The second kappa shape index (κ2) is 7.62. The van der Waals surface area contributed by atoms with Crippen LogP contribution < -0.4 is 5.32 Å². The maximum atomic E-state index is 13.0. The van der Waals surface area contributed by atoms with Crippen LogP contribution in [0.25, 0.3) is 0 Å². The van der Waals surface area contributed by atoms with E-state index in [1.165, 1.54) is 11.3 Å². The minimum atomic E-state index is -0.861. The van der Waals surface area contributed by atoms with Crippen molar-refractivity contribution in [3.05, 3.63) is 17.0 Å². The van der Waals surface area contributed by atoms with Crippen LogP contribution >= 0.6 is 11.3 Å². The lowest BCUT2D eigenvalue weighted by Crippen LogP contribution is -2.49. The van der Waals surface area contributed by atoms with Crippen LogP contribution in [0.5, 0.6) is 0 Å². The molecule has 1 saturated heterocycles. The molecular weight excluding hydrogens is 364 g/mol. The first-order valence-corrected chi connectivity index (χ1v) is 10.8. The summed E-state index contributed by atoms with van der Waals surface area (Å²) in [6, 6.07) is 1.76. The van der Waals surface area contributed by atoms with Gasteiger partial charge in [-0.2, -0.15) is 0 Å². The first-order chi connectivity index (χ1) is 13.1. The van der Waals surface area contributed by atoms with E-state index in [1.807, 2.05) is 10.3 Å². The Kier molecular flexibility index (Phi) is 5.21. The molecule has 7 heteroatoms. The fourth-order valence-electron chi connectivity index (χ4n) is 5.22. The molecule has 2 atom stereocenters. The van der Waals surface area contributed by atoms with Crippen molar-refractivity contribution in [1.29, 1.82) is 0 Å². The Morgan fingerprint density at radius 3 is 2.26 bits per heavy atom. The van der Waals surface area contributed by atoms with E-state index < -0.39 is 17.8 Å². The van der Waals surface area contributed by atoms with Gasteiger partial charge in [-0.3, -0.25) is 14.4 Å². The molecule has 2 N–H and O–H groups in total. The molecule has 0 unspecified atom stereocenters. The minimum absolute atomic E-state index is 0.0359. The van der Waals surface area contributed by atoms with Gasteiger partial charge in [0.1, 0.15) is 5.00 Å². The van der Waals surface area contributed by atoms with Crippen molar-refractivity contribution in [1.82, 2.24) is 4.90 Å². The fourth-order valence-corrected chi connectivity index (χ4v) is 6.00. The van der Waals surface area contributed by atoms with Crippen LogP contribution in [0.4, 0.5) is 5.00 Å². The Balaban J connectivity index is 1.51. The van der Waals surface area contributed by atoms with Crippen molar-refractivity contribution in [2.45, 2.75) is 44.9 Å². The van der Waals surface area contributed by atoms with Gasteiger partial charge in [0.2, 0.25) is 5.91 Å². The number of carbonyl (C=O) groups is 3. The van der Waals surface area contributed by atoms with Crippen LogP contribution in [0.15, 0.2) is 11.4 Å². The minimum Gasteiger partial charge on any atom is -0.481 e. The second-order valence-corrected chi connectivity index (χ2v) is 8.99. The highest BCUT2D eigenvalue weighted by Gasteiger charge is 2.50. The highest BCUT2D eigenvalue weighted by molar-refractivity contribution is 7.14. The molecule has 6 nitrogen and oxygen atoms in total. The molecule has 2 amide bonds. The molecule has 0 aromatic carbocycles. The average Bonchev–Trinajstić information content (AvgIpc) is 3.16. The second-order valence-electron chi connectivity index (χ2n) is 8.07. The number of fused-ring (bicyclic) bond motifs is 3. The van der Waals surface area contributed by atoms with Gasteiger partial charge >= 0.3 is 5.97 Å². The summed E-state index contributed by atoms with van der Waals surface area (Å²) in [7, 11) is 0. The van der Waals surface area contributed by atoms with Gasteiger partial charge < -0.3 is 15.3 Å². The van der Waals surface area contributed by atoms with Gasteiger partial charge in [-0.05, 0) is 68.2 Å². The molecule has 1 aromatic heterocycles. The number of likely N-dealkylation sites (tertiary alicyclic amines) is 1. The van der Waals surface area contributed by atoms with Crippen molar-refractivity contribution in [2.24, 2.45) is 23.7 Å². The molecule has 0 radical (unpaired) electrons. The summed E-state index contributed by atoms with van der Waals surface area (Å²) in [5.41, 5.74) is 0.531. The lowest BCUT2D eigenvalue weighted by atomic mass is 9.58. The Morgan fingerprint density at radius 2 is 1.63 bits per heavy atom.